The molecule has 0 N–H and O–H groups in total. The Morgan fingerprint density at radius 1 is 1.36 bits per heavy atom. The molecule has 1 aromatic heterocycles. The van der Waals surface area contributed by atoms with Gasteiger partial charge in [-0.2, -0.15) is 0 Å². The third-order valence-corrected chi connectivity index (χ3v) is 2.37. The third-order valence-electron chi connectivity index (χ3n) is 2.37. The summed E-state index contributed by atoms with van der Waals surface area (Å²) < 4.78 is 5.24. The number of rotatable bonds is 2. The first-order valence-electron chi connectivity index (χ1n) is 4.76. The zero-order valence-electron chi connectivity index (χ0n) is 8.45. The molecule has 2 aromatic rings. The lowest BCUT2D eigenvalue weighted by Crippen LogP contribution is -1.90. The van der Waals surface area contributed by atoms with Crippen molar-refractivity contribution >= 4 is 10.9 Å². The second-order valence-electron chi connectivity index (χ2n) is 3.22. The first-order chi connectivity index (χ1) is 6.85. The van der Waals surface area contributed by atoms with Gasteiger partial charge in [0.1, 0.15) is 5.75 Å². The highest BCUT2D eigenvalue weighted by molar-refractivity contribution is 5.83. The average Bonchev–Trinajstić information content (AvgIpc) is 2.27. The summed E-state index contributed by atoms with van der Waals surface area (Å²) in [5.41, 5.74) is 2.32. The predicted molar refractivity (Wildman–Crippen MR) is 57.7 cm³/mol. The first kappa shape index (κ1) is 9.00. The van der Waals surface area contributed by atoms with Gasteiger partial charge < -0.3 is 4.74 Å². The molecule has 0 amide bonds. The van der Waals surface area contributed by atoms with Crippen LogP contribution in [0.5, 0.6) is 5.75 Å². The van der Waals surface area contributed by atoms with Gasteiger partial charge in [0, 0.05) is 11.6 Å². The minimum Gasteiger partial charge on any atom is -0.497 e. The van der Waals surface area contributed by atoms with Crippen LogP contribution in [0.4, 0.5) is 0 Å². The number of ether oxygens (including phenoxy) is 1. The molecule has 0 bridgehead atoms. The van der Waals surface area contributed by atoms with E-state index in [9.17, 15) is 0 Å². The van der Waals surface area contributed by atoms with E-state index in [4.69, 9.17) is 4.74 Å². The number of aromatic nitrogens is 1. The van der Waals surface area contributed by atoms with E-state index in [1.165, 1.54) is 5.56 Å². The molecule has 0 aliphatic rings. The van der Waals surface area contributed by atoms with Crippen LogP contribution in [-0.2, 0) is 6.42 Å². The first-order valence-corrected chi connectivity index (χ1v) is 4.76. The zero-order valence-corrected chi connectivity index (χ0v) is 8.45. The number of aryl methyl sites for hydroxylation is 1. The standard InChI is InChI=1S/C12H13NO/c1-3-9-7-11(14-2)8-10-5-4-6-13-12(9)10/h4-8H,3H2,1-2H3. The monoisotopic (exact) mass is 187 g/mol. The van der Waals surface area contributed by atoms with Crippen LogP contribution in [0, 0.1) is 0 Å². The molecule has 0 aliphatic carbocycles. The summed E-state index contributed by atoms with van der Waals surface area (Å²) in [5, 5.41) is 1.14. The molecule has 0 radical (unpaired) electrons. The normalized spacial score (nSPS) is 10.4. The van der Waals surface area contributed by atoms with Crippen molar-refractivity contribution in [1.29, 1.82) is 0 Å². The van der Waals surface area contributed by atoms with Crippen molar-refractivity contribution in [3.8, 4) is 5.75 Å². The van der Waals surface area contributed by atoms with Crippen molar-refractivity contribution in [2.45, 2.75) is 13.3 Å². The highest BCUT2D eigenvalue weighted by Crippen LogP contribution is 2.23. The quantitative estimate of drug-likeness (QED) is 0.721. The van der Waals surface area contributed by atoms with Gasteiger partial charge in [-0.15, -0.1) is 0 Å². The second-order valence-corrected chi connectivity index (χ2v) is 3.22. The van der Waals surface area contributed by atoms with E-state index in [0.717, 1.165) is 23.1 Å². The maximum Gasteiger partial charge on any atom is 0.119 e. The molecular formula is C12H13NO. The highest BCUT2D eigenvalue weighted by Gasteiger charge is 2.03. The van der Waals surface area contributed by atoms with Gasteiger partial charge in [-0.3, -0.25) is 4.98 Å². The molecule has 1 heterocycles. The van der Waals surface area contributed by atoms with Crippen LogP contribution in [0.1, 0.15) is 12.5 Å². The number of hydrogen-bond donors (Lipinski definition) is 0. The molecule has 2 heteroatoms. The minimum absolute atomic E-state index is 0.905. The summed E-state index contributed by atoms with van der Waals surface area (Å²) in [4.78, 5) is 4.37. The minimum atomic E-state index is 0.905. The van der Waals surface area contributed by atoms with E-state index in [1.54, 1.807) is 7.11 Å². The van der Waals surface area contributed by atoms with E-state index < -0.39 is 0 Å². The van der Waals surface area contributed by atoms with Crippen molar-refractivity contribution in [2.75, 3.05) is 7.11 Å². The molecule has 0 saturated carbocycles. The maximum absolute atomic E-state index is 5.24. The Morgan fingerprint density at radius 3 is 2.93 bits per heavy atom. The molecule has 0 unspecified atom stereocenters. The Hall–Kier alpha value is -1.57. The van der Waals surface area contributed by atoms with Gasteiger partial charge in [-0.1, -0.05) is 13.0 Å². The number of fused-ring (bicyclic) bond motifs is 1. The summed E-state index contributed by atoms with van der Waals surface area (Å²) in [6.45, 7) is 2.13. The Morgan fingerprint density at radius 2 is 2.21 bits per heavy atom. The fourth-order valence-electron chi connectivity index (χ4n) is 1.62. The van der Waals surface area contributed by atoms with Gasteiger partial charge in [-0.05, 0) is 30.2 Å². The zero-order chi connectivity index (χ0) is 9.97. The molecule has 0 spiro atoms. The highest BCUT2D eigenvalue weighted by atomic mass is 16.5. The van der Waals surface area contributed by atoms with Crippen LogP contribution in [0.25, 0.3) is 10.9 Å². The summed E-state index contributed by atoms with van der Waals surface area (Å²) in [6.07, 6.45) is 2.80. The lowest BCUT2D eigenvalue weighted by molar-refractivity contribution is 0.415. The molecule has 14 heavy (non-hydrogen) atoms. The predicted octanol–water partition coefficient (Wildman–Crippen LogP) is 2.81. The molecule has 0 atom stereocenters. The van der Waals surface area contributed by atoms with Crippen LogP contribution in [0.2, 0.25) is 0 Å². The molecule has 0 fully saturated rings. The fourth-order valence-corrected chi connectivity index (χ4v) is 1.62. The SMILES string of the molecule is CCc1cc(OC)cc2cccnc12. The molecule has 0 aliphatic heterocycles. The van der Waals surface area contributed by atoms with Gasteiger partial charge in [0.25, 0.3) is 0 Å². The van der Waals surface area contributed by atoms with E-state index in [2.05, 4.69) is 24.0 Å². The summed E-state index contributed by atoms with van der Waals surface area (Å²) in [6, 6.07) is 8.07. The topological polar surface area (TPSA) is 22.1 Å². The lowest BCUT2D eigenvalue weighted by atomic mass is 10.1. The van der Waals surface area contributed by atoms with Crippen molar-refractivity contribution in [3.05, 3.63) is 36.0 Å². The molecule has 1 aromatic carbocycles. The second kappa shape index (κ2) is 3.66. The lowest BCUT2D eigenvalue weighted by Gasteiger charge is -2.06. The van der Waals surface area contributed by atoms with Crippen LogP contribution in [-0.4, -0.2) is 12.1 Å². The van der Waals surface area contributed by atoms with Crippen molar-refractivity contribution in [1.82, 2.24) is 4.98 Å². The summed E-state index contributed by atoms with van der Waals surface area (Å²) in [7, 11) is 1.69. The van der Waals surface area contributed by atoms with E-state index >= 15 is 0 Å². The summed E-state index contributed by atoms with van der Waals surface area (Å²) >= 11 is 0. The van der Waals surface area contributed by atoms with Crippen LogP contribution in [0.15, 0.2) is 30.5 Å². The van der Waals surface area contributed by atoms with Gasteiger partial charge in [0.15, 0.2) is 0 Å². The average molecular weight is 187 g/mol. The van der Waals surface area contributed by atoms with Crippen LogP contribution in [0.3, 0.4) is 0 Å². The number of benzene rings is 1. The molecule has 2 rings (SSSR count). The van der Waals surface area contributed by atoms with E-state index in [-0.39, 0.29) is 0 Å². The Kier molecular flexibility index (Phi) is 2.35. The van der Waals surface area contributed by atoms with Gasteiger partial charge in [-0.25, -0.2) is 0 Å². The van der Waals surface area contributed by atoms with Gasteiger partial charge in [0.05, 0.1) is 12.6 Å². The Bertz CT molecular complexity index is 451. The largest absolute Gasteiger partial charge is 0.497 e. The number of hydrogen-bond acceptors (Lipinski definition) is 2. The maximum atomic E-state index is 5.24. The fraction of sp³-hybridized carbons (Fsp3) is 0.250. The third kappa shape index (κ3) is 1.43. The van der Waals surface area contributed by atoms with Crippen LogP contribution >= 0.6 is 0 Å². The smallest absolute Gasteiger partial charge is 0.119 e. The molecular weight excluding hydrogens is 174 g/mol. The van der Waals surface area contributed by atoms with Crippen molar-refractivity contribution in [2.24, 2.45) is 0 Å². The Labute approximate surface area is 83.5 Å². The number of methoxy groups -OCH3 is 1. The number of pyridine rings is 1. The van der Waals surface area contributed by atoms with E-state index in [0.29, 0.717) is 0 Å². The van der Waals surface area contributed by atoms with Crippen molar-refractivity contribution in [3.63, 3.8) is 0 Å². The van der Waals surface area contributed by atoms with Crippen LogP contribution < -0.4 is 4.74 Å². The Balaban J connectivity index is 2.73. The number of nitrogens with zero attached hydrogens (tertiary/aromatic N) is 1. The summed E-state index contributed by atoms with van der Waals surface area (Å²) in [5.74, 6) is 0.905. The van der Waals surface area contributed by atoms with Crippen molar-refractivity contribution < 1.29 is 4.74 Å². The van der Waals surface area contributed by atoms with Gasteiger partial charge >= 0.3 is 0 Å². The molecule has 72 valence electrons. The molecule has 2 nitrogen and oxygen atoms in total. The van der Waals surface area contributed by atoms with E-state index in [1.807, 2.05) is 18.3 Å². The van der Waals surface area contributed by atoms with Gasteiger partial charge in [0.2, 0.25) is 0 Å². The molecule has 0 saturated heterocycles.